The Labute approximate surface area is 85.0 Å². The fraction of sp³-hybridized carbons (Fsp3) is 0.900. The van der Waals surface area contributed by atoms with Crippen LogP contribution in [0.15, 0.2) is 0 Å². The zero-order valence-corrected chi connectivity index (χ0v) is 8.86. The molecule has 0 amide bonds. The molecule has 1 aliphatic heterocycles. The molecule has 2 unspecified atom stereocenters. The minimum absolute atomic E-state index is 0.0761. The van der Waals surface area contributed by atoms with E-state index in [-0.39, 0.29) is 12.1 Å². The van der Waals surface area contributed by atoms with Gasteiger partial charge in [-0.2, -0.15) is 0 Å². The zero-order valence-electron chi connectivity index (χ0n) is 8.86. The lowest BCUT2D eigenvalue weighted by Gasteiger charge is -2.27. The van der Waals surface area contributed by atoms with E-state index in [9.17, 15) is 4.79 Å². The average molecular weight is 200 g/mol. The number of carbonyl (C=O) groups is 1. The Kier molecular flexibility index (Phi) is 4.90. The minimum atomic E-state index is -0.435. The van der Waals surface area contributed by atoms with Crippen LogP contribution in [-0.4, -0.2) is 38.4 Å². The molecule has 0 saturated carbocycles. The second kappa shape index (κ2) is 5.98. The van der Waals surface area contributed by atoms with Crippen molar-refractivity contribution >= 4 is 5.97 Å². The van der Waals surface area contributed by atoms with Crippen molar-refractivity contribution in [2.75, 3.05) is 20.3 Å². The molecule has 1 fully saturated rings. The number of hydrogen-bond acceptors (Lipinski definition) is 3. The van der Waals surface area contributed by atoms with Gasteiger partial charge in [-0.15, -0.1) is 0 Å². The first-order chi connectivity index (χ1) is 6.79. The fourth-order valence-electron chi connectivity index (χ4n) is 1.67. The normalized spacial score (nSPS) is 24.3. The summed E-state index contributed by atoms with van der Waals surface area (Å²) in [6.07, 6.45) is 3.01. The van der Waals surface area contributed by atoms with Crippen LogP contribution in [0.5, 0.6) is 0 Å². The summed E-state index contributed by atoms with van der Waals surface area (Å²) in [5.74, 6) is -0.262. The Hall–Kier alpha value is -0.610. The van der Waals surface area contributed by atoms with Gasteiger partial charge in [0.2, 0.25) is 0 Å². The van der Waals surface area contributed by atoms with Crippen molar-refractivity contribution in [1.82, 2.24) is 5.32 Å². The van der Waals surface area contributed by atoms with Gasteiger partial charge in [0, 0.05) is 13.7 Å². The molecule has 14 heavy (non-hydrogen) atoms. The first-order valence-corrected chi connectivity index (χ1v) is 5.16. The highest BCUT2D eigenvalue weighted by molar-refractivity contribution is 5.76. The maximum absolute atomic E-state index is 11.5. The fourth-order valence-corrected chi connectivity index (χ4v) is 1.67. The van der Waals surface area contributed by atoms with Crippen molar-refractivity contribution < 1.29 is 14.3 Å². The molecule has 0 aromatic carbocycles. The van der Waals surface area contributed by atoms with Gasteiger partial charge >= 0.3 is 5.97 Å². The van der Waals surface area contributed by atoms with Gasteiger partial charge in [0.1, 0.15) is 6.04 Å². The van der Waals surface area contributed by atoms with Crippen LogP contribution in [0, 0.1) is 0 Å². The summed E-state index contributed by atoms with van der Waals surface area (Å²) in [6.45, 7) is 2.93. The molecule has 2 atom stereocenters. The smallest absolute Gasteiger partial charge is 0.327 e. The van der Waals surface area contributed by atoms with Crippen molar-refractivity contribution in [1.29, 1.82) is 0 Å². The maximum atomic E-state index is 11.5. The summed E-state index contributed by atoms with van der Waals surface area (Å²) in [7, 11) is 1.64. The Morgan fingerprint density at radius 1 is 1.64 bits per heavy atom. The number of esters is 1. The molecule has 4 nitrogen and oxygen atoms in total. The molecule has 0 aliphatic carbocycles. The van der Waals surface area contributed by atoms with Crippen LogP contribution in [-0.2, 0) is 14.3 Å². The summed E-state index contributed by atoms with van der Waals surface area (Å²) in [5, 5.41) is 4.03. The van der Waals surface area contributed by atoms with Crippen molar-refractivity contribution in [2.24, 2.45) is 0 Å². The number of rotatable bonds is 4. The van der Waals surface area contributed by atoms with Crippen LogP contribution in [0.25, 0.3) is 0 Å². The minimum Gasteiger partial charge on any atom is -0.465 e. The molecular formula is C10H18NO3. The van der Waals surface area contributed by atoms with Gasteiger partial charge in [-0.1, -0.05) is 0 Å². The Morgan fingerprint density at radius 2 is 2.43 bits per heavy atom. The Balaban J connectivity index is 2.46. The van der Waals surface area contributed by atoms with Gasteiger partial charge in [0.15, 0.2) is 0 Å². The van der Waals surface area contributed by atoms with E-state index in [0.717, 1.165) is 25.9 Å². The number of likely N-dealkylation sites (N-methyl/N-ethyl adjacent to an activating group) is 1. The maximum Gasteiger partial charge on any atom is 0.327 e. The van der Waals surface area contributed by atoms with E-state index < -0.39 is 6.04 Å². The van der Waals surface area contributed by atoms with Gasteiger partial charge < -0.3 is 9.47 Å². The van der Waals surface area contributed by atoms with E-state index in [4.69, 9.17) is 9.47 Å². The van der Waals surface area contributed by atoms with Gasteiger partial charge in [-0.3, -0.25) is 4.79 Å². The van der Waals surface area contributed by atoms with E-state index in [1.54, 1.807) is 14.0 Å². The summed E-state index contributed by atoms with van der Waals surface area (Å²) in [4.78, 5) is 11.5. The van der Waals surface area contributed by atoms with Crippen LogP contribution in [0.2, 0.25) is 0 Å². The average Bonchev–Trinajstić information content (AvgIpc) is 2.21. The van der Waals surface area contributed by atoms with Gasteiger partial charge in [0.25, 0.3) is 0 Å². The second-order valence-corrected chi connectivity index (χ2v) is 3.36. The largest absolute Gasteiger partial charge is 0.465 e. The van der Waals surface area contributed by atoms with Crippen LogP contribution in [0.3, 0.4) is 0 Å². The third kappa shape index (κ3) is 2.96. The van der Waals surface area contributed by atoms with Gasteiger partial charge in [-0.05, 0) is 26.2 Å². The summed E-state index contributed by atoms with van der Waals surface area (Å²) in [6, 6.07) is -0.435. The molecule has 0 aromatic rings. The molecule has 0 spiro atoms. The lowest BCUT2D eigenvalue weighted by atomic mass is 10.0. The molecule has 4 heteroatoms. The van der Waals surface area contributed by atoms with Crippen LogP contribution < -0.4 is 5.32 Å². The second-order valence-electron chi connectivity index (χ2n) is 3.36. The predicted molar refractivity (Wildman–Crippen MR) is 52.1 cm³/mol. The lowest BCUT2D eigenvalue weighted by Crippen LogP contribution is -2.44. The monoisotopic (exact) mass is 200 g/mol. The van der Waals surface area contributed by atoms with Crippen LogP contribution >= 0.6 is 0 Å². The molecule has 81 valence electrons. The van der Waals surface area contributed by atoms with Crippen molar-refractivity contribution in [3.63, 3.8) is 0 Å². The van der Waals surface area contributed by atoms with Crippen molar-refractivity contribution in [3.05, 3.63) is 0 Å². The molecule has 1 aliphatic rings. The zero-order chi connectivity index (χ0) is 10.4. The highest BCUT2D eigenvalue weighted by atomic mass is 16.5. The van der Waals surface area contributed by atoms with E-state index in [1.807, 2.05) is 0 Å². The van der Waals surface area contributed by atoms with E-state index in [1.165, 1.54) is 0 Å². The van der Waals surface area contributed by atoms with Crippen LogP contribution in [0.4, 0.5) is 0 Å². The number of hydrogen-bond donors (Lipinski definition) is 0. The molecular weight excluding hydrogens is 182 g/mol. The lowest BCUT2D eigenvalue weighted by molar-refractivity contribution is -0.151. The van der Waals surface area contributed by atoms with E-state index in [2.05, 4.69) is 5.32 Å². The summed E-state index contributed by atoms with van der Waals surface area (Å²) < 4.78 is 10.4. The predicted octanol–water partition coefficient (Wildman–Crippen LogP) is 0.721. The summed E-state index contributed by atoms with van der Waals surface area (Å²) in [5.41, 5.74) is 0. The van der Waals surface area contributed by atoms with Gasteiger partial charge in [-0.25, -0.2) is 5.32 Å². The highest BCUT2D eigenvalue weighted by Gasteiger charge is 2.30. The molecule has 1 heterocycles. The molecule has 1 rings (SSSR count). The Morgan fingerprint density at radius 3 is 2.93 bits per heavy atom. The Bertz CT molecular complexity index is 178. The molecule has 0 N–H and O–H groups in total. The quantitative estimate of drug-likeness (QED) is 0.628. The SMILES string of the molecule is CCOC(=O)C([N]C)C1CCCCO1. The van der Waals surface area contributed by atoms with Crippen LogP contribution in [0.1, 0.15) is 26.2 Å². The summed E-state index contributed by atoms with van der Waals surface area (Å²) >= 11 is 0. The van der Waals surface area contributed by atoms with E-state index in [0.29, 0.717) is 6.61 Å². The topological polar surface area (TPSA) is 49.6 Å². The molecule has 0 bridgehead atoms. The highest BCUT2D eigenvalue weighted by Crippen LogP contribution is 2.17. The molecule has 1 saturated heterocycles. The number of nitrogens with zero attached hydrogens (tertiary/aromatic N) is 1. The van der Waals surface area contributed by atoms with Crippen molar-refractivity contribution in [3.8, 4) is 0 Å². The first kappa shape index (κ1) is 11.5. The van der Waals surface area contributed by atoms with Gasteiger partial charge in [0.05, 0.1) is 12.7 Å². The van der Waals surface area contributed by atoms with E-state index >= 15 is 0 Å². The standard InChI is InChI=1S/C10H18NO3/c1-3-13-10(12)9(11-2)8-6-4-5-7-14-8/h8-9H,3-7H2,1-2H3. The third-order valence-corrected chi connectivity index (χ3v) is 2.37. The molecule has 0 aromatic heterocycles. The number of ether oxygens (including phenoxy) is 2. The van der Waals surface area contributed by atoms with Crippen molar-refractivity contribution in [2.45, 2.75) is 38.3 Å². The molecule has 1 radical (unpaired) electrons. The first-order valence-electron chi connectivity index (χ1n) is 5.16. The number of carbonyl (C=O) groups excluding carboxylic acids is 1. The third-order valence-electron chi connectivity index (χ3n) is 2.37.